The molecule has 4 amide bonds. The van der Waals surface area contributed by atoms with E-state index in [1.54, 1.807) is 24.3 Å². The molecule has 0 aromatic heterocycles. The summed E-state index contributed by atoms with van der Waals surface area (Å²) >= 11 is 0. The van der Waals surface area contributed by atoms with E-state index in [-0.39, 0.29) is 11.4 Å². The predicted molar refractivity (Wildman–Crippen MR) is 164 cm³/mol. The number of carbonyl (C=O) groups is 2. The Bertz CT molecular complexity index is 1690. The third-order valence-corrected chi connectivity index (χ3v) is 5.91. The van der Waals surface area contributed by atoms with Crippen LogP contribution in [-0.4, -0.2) is 39.2 Å². The van der Waals surface area contributed by atoms with Crippen LogP contribution in [0.4, 0.5) is 43.7 Å². The van der Waals surface area contributed by atoms with Crippen molar-refractivity contribution in [1.82, 2.24) is 0 Å². The van der Waals surface area contributed by atoms with Crippen molar-refractivity contribution >= 4 is 46.2 Å². The Labute approximate surface area is 250 Å². The van der Waals surface area contributed by atoms with Crippen LogP contribution in [0.3, 0.4) is 0 Å². The van der Waals surface area contributed by atoms with Gasteiger partial charge in [0.2, 0.25) is 0 Å². The number of aromatic hydroxyl groups is 2. The molecule has 0 radical (unpaired) electrons. The van der Waals surface area contributed by atoms with Crippen LogP contribution >= 0.6 is 0 Å². The van der Waals surface area contributed by atoms with Crippen LogP contribution in [0.15, 0.2) is 78.9 Å². The number of methoxy groups -OCH3 is 1. The van der Waals surface area contributed by atoms with Crippen molar-refractivity contribution in [2.45, 2.75) is 13.8 Å². The maximum atomic E-state index is 12.0. The molecule has 6 N–H and O–H groups in total. The molecule has 4 rings (SSSR count). The molecule has 0 saturated heterocycles. The van der Waals surface area contributed by atoms with Crippen LogP contribution in [0.25, 0.3) is 0 Å². The second-order valence-corrected chi connectivity index (χ2v) is 9.08. The van der Waals surface area contributed by atoms with Gasteiger partial charge >= 0.3 is 23.4 Å². The number of nitrogens with zero attached hydrogens (tertiary/aromatic N) is 2. The molecule has 4 aromatic carbocycles. The number of rotatable bonds is 7. The van der Waals surface area contributed by atoms with Crippen LogP contribution in [0, 0.1) is 34.1 Å². The van der Waals surface area contributed by atoms with Gasteiger partial charge in [-0.2, -0.15) is 0 Å². The Morgan fingerprint density at radius 1 is 0.659 bits per heavy atom. The summed E-state index contributed by atoms with van der Waals surface area (Å²) in [5.41, 5.74) is 2.46. The van der Waals surface area contributed by atoms with Crippen molar-refractivity contribution in [3.8, 4) is 17.2 Å². The van der Waals surface area contributed by atoms with E-state index in [1.165, 1.54) is 19.2 Å². The zero-order valence-corrected chi connectivity index (χ0v) is 23.7. The lowest BCUT2D eigenvalue weighted by atomic mass is 10.1. The fourth-order valence-corrected chi connectivity index (χ4v) is 3.78. The number of para-hydroxylation sites is 1. The first-order valence-corrected chi connectivity index (χ1v) is 12.7. The molecule has 0 unspecified atom stereocenters. The number of nitro groups is 2. The van der Waals surface area contributed by atoms with Crippen molar-refractivity contribution in [3.63, 3.8) is 0 Å². The number of benzene rings is 4. The molecule has 0 bridgehead atoms. The minimum absolute atomic E-state index is 0.185. The third-order valence-electron chi connectivity index (χ3n) is 5.91. The van der Waals surface area contributed by atoms with Gasteiger partial charge in [-0.15, -0.1) is 0 Å². The van der Waals surface area contributed by atoms with E-state index in [9.17, 15) is 40.0 Å². The molecule has 228 valence electrons. The van der Waals surface area contributed by atoms with E-state index in [4.69, 9.17) is 4.74 Å². The molecule has 0 saturated carbocycles. The molecular weight excluding hydrogens is 576 g/mol. The molecule has 0 heterocycles. The molecule has 0 aliphatic rings. The number of carbonyl (C=O) groups excluding carboxylic acids is 2. The largest absolute Gasteiger partial charge is 0.502 e. The van der Waals surface area contributed by atoms with Gasteiger partial charge in [-0.1, -0.05) is 24.3 Å². The number of urea groups is 2. The maximum Gasteiger partial charge on any atom is 0.323 e. The molecule has 0 fully saturated rings. The molecule has 15 nitrogen and oxygen atoms in total. The highest BCUT2D eigenvalue weighted by molar-refractivity contribution is 6.01. The highest BCUT2D eigenvalue weighted by atomic mass is 16.6. The second kappa shape index (κ2) is 14.5. The molecule has 15 heteroatoms. The molecule has 44 heavy (non-hydrogen) atoms. The van der Waals surface area contributed by atoms with Crippen molar-refractivity contribution in [2.24, 2.45) is 0 Å². The van der Waals surface area contributed by atoms with Gasteiger partial charge in [-0.05, 0) is 61.4 Å². The van der Waals surface area contributed by atoms with Gasteiger partial charge in [0.05, 0.1) is 17.0 Å². The first-order valence-electron chi connectivity index (χ1n) is 12.7. The summed E-state index contributed by atoms with van der Waals surface area (Å²) in [7, 11) is 1.51. The zero-order chi connectivity index (χ0) is 32.4. The number of amides is 4. The van der Waals surface area contributed by atoms with Crippen molar-refractivity contribution in [1.29, 1.82) is 0 Å². The Morgan fingerprint density at radius 2 is 1.09 bits per heavy atom. The van der Waals surface area contributed by atoms with Gasteiger partial charge in [-0.25, -0.2) is 9.59 Å². The Morgan fingerprint density at radius 3 is 1.55 bits per heavy atom. The molecular formula is C29H28N6O9. The topological polar surface area (TPSA) is 218 Å². The number of phenolic OH excluding ortho intramolecular Hbond substituents is 2. The third kappa shape index (κ3) is 8.81. The highest BCUT2D eigenvalue weighted by Gasteiger charge is 2.16. The molecule has 0 aliphatic carbocycles. The number of nitro benzene ring substituents is 2. The first kappa shape index (κ1) is 32.1. The standard InChI is InChI=1S/C15H15N3O4.C14H13N3O5/c1-9-4-3-5-10(2)14(9)17-15(20)16-11-6-7-13(19)12(8-11)18(21)22;1-22-11-4-2-3-9(7-11)15-14(19)16-10-5-6-13(18)12(8-10)17(20)21/h3-8,19H,1-2H3,(H2,16,17,20);2-8,18H,1H3,(H2,15,16,19). The molecule has 0 atom stereocenters. The summed E-state index contributed by atoms with van der Waals surface area (Å²) in [6.07, 6.45) is 0. The fraction of sp³-hybridized carbons (Fsp3) is 0.103. The van der Waals surface area contributed by atoms with Crippen LogP contribution in [0.2, 0.25) is 0 Å². The van der Waals surface area contributed by atoms with Gasteiger partial charge in [0.1, 0.15) is 5.75 Å². The summed E-state index contributed by atoms with van der Waals surface area (Å²) in [5.74, 6) is -0.340. The monoisotopic (exact) mass is 604 g/mol. The summed E-state index contributed by atoms with van der Waals surface area (Å²) in [4.78, 5) is 43.9. The smallest absolute Gasteiger partial charge is 0.323 e. The molecule has 4 aromatic rings. The Hall–Kier alpha value is -6.38. The second-order valence-electron chi connectivity index (χ2n) is 9.08. The Kier molecular flexibility index (Phi) is 10.6. The minimum Gasteiger partial charge on any atom is -0.502 e. The van der Waals surface area contributed by atoms with Crippen LogP contribution in [0.1, 0.15) is 11.1 Å². The van der Waals surface area contributed by atoms with Gasteiger partial charge in [0, 0.05) is 40.9 Å². The summed E-state index contributed by atoms with van der Waals surface area (Å²) in [6, 6.07) is 18.5. The van der Waals surface area contributed by atoms with Gasteiger partial charge in [0.15, 0.2) is 11.5 Å². The lowest BCUT2D eigenvalue weighted by Gasteiger charge is -2.12. The molecule has 0 spiro atoms. The van der Waals surface area contributed by atoms with Crippen molar-refractivity contribution < 1.29 is 34.4 Å². The van der Waals surface area contributed by atoms with Crippen LogP contribution in [0.5, 0.6) is 17.2 Å². The highest BCUT2D eigenvalue weighted by Crippen LogP contribution is 2.30. The number of ether oxygens (including phenoxy) is 1. The number of phenols is 2. The van der Waals surface area contributed by atoms with Gasteiger partial charge in [0.25, 0.3) is 0 Å². The van der Waals surface area contributed by atoms with E-state index in [1.807, 2.05) is 32.0 Å². The van der Waals surface area contributed by atoms with Crippen LogP contribution in [-0.2, 0) is 0 Å². The number of anilines is 4. The van der Waals surface area contributed by atoms with Crippen LogP contribution < -0.4 is 26.0 Å². The van der Waals surface area contributed by atoms with Crippen molar-refractivity contribution in [3.05, 3.63) is 110 Å². The summed E-state index contributed by atoms with van der Waals surface area (Å²) < 4.78 is 5.04. The zero-order valence-electron chi connectivity index (χ0n) is 23.7. The fourth-order valence-electron chi connectivity index (χ4n) is 3.78. The Balaban J connectivity index is 0.000000240. The van der Waals surface area contributed by atoms with E-state index in [2.05, 4.69) is 21.3 Å². The van der Waals surface area contributed by atoms with E-state index in [0.717, 1.165) is 35.4 Å². The number of nitrogens with one attached hydrogen (secondary N) is 4. The molecule has 0 aliphatic heterocycles. The van der Waals surface area contributed by atoms with E-state index in [0.29, 0.717) is 17.1 Å². The summed E-state index contributed by atoms with van der Waals surface area (Å²) in [5, 5.41) is 50.4. The van der Waals surface area contributed by atoms with E-state index < -0.39 is 44.8 Å². The predicted octanol–water partition coefficient (Wildman–Crippen LogP) is 6.51. The van der Waals surface area contributed by atoms with Gasteiger partial charge < -0.3 is 36.2 Å². The van der Waals surface area contributed by atoms with Crippen molar-refractivity contribution in [2.75, 3.05) is 28.4 Å². The van der Waals surface area contributed by atoms with E-state index >= 15 is 0 Å². The summed E-state index contributed by atoms with van der Waals surface area (Å²) in [6.45, 7) is 3.74. The quantitative estimate of drug-likeness (QED) is 0.0767. The van der Waals surface area contributed by atoms with Gasteiger partial charge in [-0.3, -0.25) is 20.2 Å². The normalized spacial score (nSPS) is 9.98. The first-order chi connectivity index (χ1) is 20.9. The maximum absolute atomic E-state index is 12.0. The number of aryl methyl sites for hydroxylation is 2. The SMILES string of the molecule is COc1cccc(NC(=O)Nc2ccc(O)c([N+](=O)[O-])c2)c1.Cc1cccc(C)c1NC(=O)Nc1ccc(O)c([N+](=O)[O-])c1. The number of hydrogen-bond donors (Lipinski definition) is 6. The number of hydrogen-bond acceptors (Lipinski definition) is 9. The average Bonchev–Trinajstić information content (AvgIpc) is 2.97. The minimum atomic E-state index is -0.736. The average molecular weight is 605 g/mol. The lowest BCUT2D eigenvalue weighted by molar-refractivity contribution is -0.385. The lowest BCUT2D eigenvalue weighted by Crippen LogP contribution is -2.20.